The first-order valence-electron chi connectivity index (χ1n) is 19.7. The van der Waals surface area contributed by atoms with E-state index in [2.05, 4.69) is 246 Å². The Bertz CT molecular complexity index is 2960. The van der Waals surface area contributed by atoms with Crippen molar-refractivity contribution in [1.29, 1.82) is 0 Å². The minimum absolute atomic E-state index is 0.977. The molecule has 0 N–H and O–H groups in total. The summed E-state index contributed by atoms with van der Waals surface area (Å²) >= 11 is 0. The molecule has 0 aliphatic carbocycles. The van der Waals surface area contributed by atoms with Gasteiger partial charge in [0.25, 0.3) is 0 Å². The Morgan fingerprint density at radius 1 is 0.293 bits per heavy atom. The summed E-state index contributed by atoms with van der Waals surface area (Å²) in [5.74, 6) is 0. The second-order valence-corrected chi connectivity index (χ2v) is 14.4. The number of rotatable bonds is 9. The molecule has 10 rings (SSSR count). The normalized spacial score (nSPS) is 11.0. The molecule has 0 aromatic heterocycles. The zero-order chi connectivity index (χ0) is 38.7. The van der Waals surface area contributed by atoms with E-state index in [0.29, 0.717) is 0 Å². The third-order valence-corrected chi connectivity index (χ3v) is 10.9. The summed E-state index contributed by atoms with van der Waals surface area (Å²) in [6.07, 6.45) is 0. The van der Waals surface area contributed by atoms with E-state index in [1.54, 1.807) is 0 Å². The Kier molecular flexibility index (Phi) is 9.16. The lowest BCUT2D eigenvalue weighted by Crippen LogP contribution is -2.11. The Balaban J connectivity index is 0.976. The van der Waals surface area contributed by atoms with Gasteiger partial charge in [0.1, 0.15) is 5.69 Å². The van der Waals surface area contributed by atoms with E-state index in [0.717, 1.165) is 67.2 Å². The maximum Gasteiger partial charge on any atom is 0.105 e. The number of para-hydroxylation sites is 3. The van der Waals surface area contributed by atoms with E-state index in [4.69, 9.17) is 0 Å². The first-order chi connectivity index (χ1) is 28.8. The minimum Gasteiger partial charge on any atom is -0.310 e. The third-order valence-electron chi connectivity index (χ3n) is 10.9. The van der Waals surface area contributed by atoms with Crippen LogP contribution in [0.15, 0.2) is 231 Å². The summed E-state index contributed by atoms with van der Waals surface area (Å²) < 4.78 is 0. The Labute approximate surface area is 340 Å². The van der Waals surface area contributed by atoms with Crippen LogP contribution in [0.1, 0.15) is 0 Å². The van der Waals surface area contributed by atoms with Gasteiger partial charge in [0.2, 0.25) is 0 Å². The molecule has 10 aromatic rings. The lowest BCUT2D eigenvalue weighted by Gasteiger charge is -2.28. The van der Waals surface area contributed by atoms with E-state index >= 15 is 0 Å². The summed E-state index contributed by atoms with van der Waals surface area (Å²) in [7, 11) is 0. The van der Waals surface area contributed by atoms with E-state index in [9.17, 15) is 0 Å². The second kappa shape index (κ2) is 15.3. The number of benzene rings is 9. The highest BCUT2D eigenvalue weighted by atomic mass is 15.1. The van der Waals surface area contributed by atoms with Gasteiger partial charge in [-0.15, -0.1) is 0 Å². The zero-order valence-corrected chi connectivity index (χ0v) is 31.8. The third kappa shape index (κ3) is 6.62. The van der Waals surface area contributed by atoms with Crippen molar-refractivity contribution in [1.82, 2.24) is 0 Å². The standard InChI is InChI=1S/C56H38N2/c1-3-19-47(20-4-1)57(50-39-35-45(36-40-50)52-26-13-17-43-15-7-9-23-51(43)52)55-27-12-11-25-54(55)46-31-29-41(30-32-46)42-33-37-49(38-34-42)58(48-21-5-2-6-22-48)56-28-14-18-44-16-8-10-24-53(44)56/h1-13,15-27,29-40H. The molecule has 0 heterocycles. The van der Waals surface area contributed by atoms with Crippen molar-refractivity contribution in [2.24, 2.45) is 0 Å². The van der Waals surface area contributed by atoms with Crippen molar-refractivity contribution in [3.63, 3.8) is 0 Å². The Morgan fingerprint density at radius 3 is 1.45 bits per heavy atom. The number of nitrogens with zero attached hydrogens (tertiary/aromatic N) is 2. The quantitative estimate of drug-likeness (QED) is 0.145. The molecule has 0 amide bonds. The van der Waals surface area contributed by atoms with E-state index in [1.807, 2.05) is 6.07 Å². The summed E-state index contributed by atoms with van der Waals surface area (Å²) in [6.45, 7) is 0. The average molecular weight is 739 g/mol. The van der Waals surface area contributed by atoms with Crippen LogP contribution in [0.25, 0.3) is 54.9 Å². The number of hydrogen-bond donors (Lipinski definition) is 0. The van der Waals surface area contributed by atoms with Crippen molar-refractivity contribution in [2.75, 3.05) is 9.80 Å². The van der Waals surface area contributed by atoms with E-state index in [1.165, 1.54) is 21.9 Å². The molecule has 0 spiro atoms. The van der Waals surface area contributed by atoms with Gasteiger partial charge in [-0.25, -0.2) is 0 Å². The van der Waals surface area contributed by atoms with Crippen LogP contribution in [0.5, 0.6) is 0 Å². The van der Waals surface area contributed by atoms with Gasteiger partial charge >= 0.3 is 0 Å². The highest BCUT2D eigenvalue weighted by molar-refractivity contribution is 5.99. The Morgan fingerprint density at radius 2 is 0.741 bits per heavy atom. The van der Waals surface area contributed by atoms with Gasteiger partial charge in [0.15, 0.2) is 0 Å². The maximum absolute atomic E-state index is 3.42. The number of anilines is 6. The van der Waals surface area contributed by atoms with Crippen molar-refractivity contribution < 1.29 is 0 Å². The summed E-state index contributed by atoms with van der Waals surface area (Å²) in [6, 6.07) is 88.8. The molecule has 0 fully saturated rings. The van der Waals surface area contributed by atoms with Gasteiger partial charge in [-0.1, -0.05) is 176 Å². The lowest BCUT2D eigenvalue weighted by molar-refractivity contribution is 1.28. The van der Waals surface area contributed by atoms with Crippen molar-refractivity contribution in [3.8, 4) is 33.4 Å². The Hall–Kier alpha value is -7.86. The first-order valence-corrected chi connectivity index (χ1v) is 19.7. The maximum atomic E-state index is 3.42. The van der Waals surface area contributed by atoms with E-state index < -0.39 is 0 Å². The predicted octanol–water partition coefficient (Wildman–Crippen LogP) is 15.5. The summed E-state index contributed by atoms with van der Waals surface area (Å²) in [5, 5.41) is 4.78. The molecule has 0 atom stereocenters. The molecule has 0 unspecified atom stereocenters. The molecule has 0 aliphatic heterocycles. The molecule has 2 heteroatoms. The molecule has 0 saturated carbocycles. The highest BCUT2D eigenvalue weighted by Crippen LogP contribution is 2.43. The fourth-order valence-corrected chi connectivity index (χ4v) is 8.08. The SMILES string of the molecule is c1cc2ccccc2c(N(c2ccccc2)c2ccc(-c3ccc(-c4ccccc4N(c4ccccc4)c4ccc(-c5cccc6ccccc56)cc4)cc3)cc2)c#1. The smallest absolute Gasteiger partial charge is 0.105 e. The van der Waals surface area contributed by atoms with Crippen LogP contribution < -0.4 is 9.80 Å². The van der Waals surface area contributed by atoms with Gasteiger partial charge in [-0.3, -0.25) is 0 Å². The molecule has 58 heavy (non-hydrogen) atoms. The zero-order valence-electron chi connectivity index (χ0n) is 31.8. The lowest BCUT2D eigenvalue weighted by atomic mass is 9.97. The number of hydrogen-bond acceptors (Lipinski definition) is 2. The van der Waals surface area contributed by atoms with Gasteiger partial charge in [-0.05, 0) is 111 Å². The van der Waals surface area contributed by atoms with Crippen molar-refractivity contribution in [3.05, 3.63) is 243 Å². The molecule has 0 aliphatic rings. The molecule has 272 valence electrons. The topological polar surface area (TPSA) is 6.48 Å². The van der Waals surface area contributed by atoms with Crippen LogP contribution in [-0.4, -0.2) is 0 Å². The van der Waals surface area contributed by atoms with Crippen LogP contribution in [0.3, 0.4) is 0 Å². The second-order valence-electron chi connectivity index (χ2n) is 14.4. The van der Waals surface area contributed by atoms with Gasteiger partial charge in [0.05, 0.1) is 5.69 Å². The number of fused-ring (bicyclic) bond motifs is 2. The molecule has 0 saturated heterocycles. The predicted molar refractivity (Wildman–Crippen MR) is 245 cm³/mol. The van der Waals surface area contributed by atoms with Gasteiger partial charge in [-0.2, -0.15) is 0 Å². The molecule has 10 aromatic carbocycles. The minimum atomic E-state index is 0.977. The fraction of sp³-hybridized carbons (Fsp3) is 0. The average Bonchev–Trinajstić information content (AvgIpc) is 3.31. The molecule has 0 radical (unpaired) electrons. The molecular weight excluding hydrogens is 701 g/mol. The molecule has 2 nitrogen and oxygen atoms in total. The summed E-state index contributed by atoms with van der Waals surface area (Å²) in [4.78, 5) is 4.62. The fourth-order valence-electron chi connectivity index (χ4n) is 8.08. The van der Waals surface area contributed by atoms with E-state index in [-0.39, 0.29) is 0 Å². The molecular formula is C56H38N2. The van der Waals surface area contributed by atoms with Crippen molar-refractivity contribution >= 4 is 55.7 Å². The first kappa shape index (κ1) is 34.6. The van der Waals surface area contributed by atoms with Crippen LogP contribution in [0, 0.1) is 12.1 Å². The molecule has 0 bridgehead atoms. The largest absolute Gasteiger partial charge is 0.310 e. The summed E-state index contributed by atoms with van der Waals surface area (Å²) in [5.41, 5.74) is 13.5. The van der Waals surface area contributed by atoms with Gasteiger partial charge in [0, 0.05) is 33.7 Å². The van der Waals surface area contributed by atoms with Crippen LogP contribution in [0.4, 0.5) is 34.1 Å². The van der Waals surface area contributed by atoms with Crippen LogP contribution in [0.2, 0.25) is 0 Å². The van der Waals surface area contributed by atoms with Crippen LogP contribution >= 0.6 is 0 Å². The van der Waals surface area contributed by atoms with Crippen LogP contribution in [-0.2, 0) is 0 Å². The van der Waals surface area contributed by atoms with Crippen molar-refractivity contribution in [2.45, 2.75) is 0 Å². The highest BCUT2D eigenvalue weighted by Gasteiger charge is 2.18. The van der Waals surface area contributed by atoms with Gasteiger partial charge < -0.3 is 9.80 Å². The monoisotopic (exact) mass is 738 g/mol.